The Morgan fingerprint density at radius 3 is 3.00 bits per heavy atom. The van der Waals surface area contributed by atoms with Crippen molar-refractivity contribution < 1.29 is 0 Å². The van der Waals surface area contributed by atoms with Gasteiger partial charge in [-0.1, -0.05) is 22.0 Å². The summed E-state index contributed by atoms with van der Waals surface area (Å²) in [5.74, 6) is 0. The second-order valence-electron chi connectivity index (χ2n) is 4.31. The Morgan fingerprint density at radius 2 is 2.22 bits per heavy atom. The van der Waals surface area contributed by atoms with Crippen LogP contribution in [0.15, 0.2) is 28.1 Å². The molecule has 0 unspecified atom stereocenters. The van der Waals surface area contributed by atoms with E-state index in [-0.39, 0.29) is 0 Å². The maximum atomic E-state index is 4.72. The molecule has 2 aromatic rings. The van der Waals surface area contributed by atoms with Gasteiger partial charge in [0.15, 0.2) is 0 Å². The summed E-state index contributed by atoms with van der Waals surface area (Å²) in [7, 11) is 1.98. The van der Waals surface area contributed by atoms with E-state index in [0.29, 0.717) is 0 Å². The number of nitrogens with one attached hydrogen (secondary N) is 1. The van der Waals surface area contributed by atoms with Crippen LogP contribution in [0.1, 0.15) is 17.7 Å². The second-order valence-corrected chi connectivity index (χ2v) is 6.08. The van der Waals surface area contributed by atoms with Crippen LogP contribution < -0.4 is 5.32 Å². The molecule has 1 aromatic heterocycles. The summed E-state index contributed by atoms with van der Waals surface area (Å²) in [4.78, 5) is 4.72. The minimum Gasteiger partial charge on any atom is -0.320 e. The van der Waals surface area contributed by atoms with E-state index in [0.717, 1.165) is 28.9 Å². The number of aromatic nitrogens is 1. The lowest BCUT2D eigenvalue weighted by molar-refractivity contribution is 0.718. The van der Waals surface area contributed by atoms with E-state index in [1.165, 1.54) is 16.8 Å². The molecular formula is C14H17BrN2S. The van der Waals surface area contributed by atoms with Gasteiger partial charge in [-0.05, 0) is 51.1 Å². The summed E-state index contributed by atoms with van der Waals surface area (Å²) in [6.07, 6.45) is 2.18. The van der Waals surface area contributed by atoms with Crippen molar-refractivity contribution in [2.75, 3.05) is 13.6 Å². The number of halogens is 1. The molecule has 1 aromatic carbocycles. The molecule has 0 aliphatic heterocycles. The van der Waals surface area contributed by atoms with Crippen molar-refractivity contribution in [1.29, 1.82) is 0 Å². The van der Waals surface area contributed by atoms with Gasteiger partial charge in [0.25, 0.3) is 0 Å². The first-order valence-corrected chi connectivity index (χ1v) is 7.73. The lowest BCUT2D eigenvalue weighted by Crippen LogP contribution is -2.08. The number of hydrogen-bond acceptors (Lipinski definition) is 3. The first-order valence-electron chi connectivity index (χ1n) is 6.06. The number of hydrogen-bond donors (Lipinski definition) is 1. The smallest absolute Gasteiger partial charge is 0.123 e. The van der Waals surface area contributed by atoms with Crippen LogP contribution in [0.4, 0.5) is 0 Å². The number of thiazole rings is 1. The fourth-order valence-electron chi connectivity index (χ4n) is 1.82. The predicted molar refractivity (Wildman–Crippen MR) is 82.2 cm³/mol. The number of aryl methyl sites for hydroxylation is 2. The molecule has 0 aliphatic rings. The fourth-order valence-corrected chi connectivity index (χ4v) is 3.11. The van der Waals surface area contributed by atoms with E-state index in [4.69, 9.17) is 4.98 Å². The molecule has 2 nitrogen and oxygen atoms in total. The van der Waals surface area contributed by atoms with E-state index in [1.54, 1.807) is 11.3 Å². The van der Waals surface area contributed by atoms with Crippen LogP contribution in [0.25, 0.3) is 10.6 Å². The Labute approximate surface area is 121 Å². The molecule has 0 amide bonds. The maximum absolute atomic E-state index is 4.72. The van der Waals surface area contributed by atoms with Gasteiger partial charge in [0.1, 0.15) is 5.01 Å². The molecule has 4 heteroatoms. The Bertz CT molecular complexity index is 522. The van der Waals surface area contributed by atoms with Crippen LogP contribution in [-0.2, 0) is 6.42 Å². The molecule has 0 aliphatic carbocycles. The molecule has 96 valence electrons. The van der Waals surface area contributed by atoms with Gasteiger partial charge in [0.2, 0.25) is 0 Å². The van der Waals surface area contributed by atoms with Gasteiger partial charge in [-0.25, -0.2) is 4.98 Å². The SMILES string of the molecule is CNCCCc1csc(-c2cc(Br)ccc2C)n1. The Morgan fingerprint density at radius 1 is 1.39 bits per heavy atom. The highest BCUT2D eigenvalue weighted by atomic mass is 79.9. The summed E-state index contributed by atoms with van der Waals surface area (Å²) < 4.78 is 1.11. The predicted octanol–water partition coefficient (Wildman–Crippen LogP) is 4.03. The first kappa shape index (κ1) is 13.7. The molecule has 0 fully saturated rings. The van der Waals surface area contributed by atoms with Gasteiger partial charge in [-0.3, -0.25) is 0 Å². The van der Waals surface area contributed by atoms with Crippen molar-refractivity contribution in [2.24, 2.45) is 0 Å². The van der Waals surface area contributed by atoms with Crippen molar-refractivity contribution >= 4 is 27.3 Å². The molecule has 0 saturated carbocycles. The van der Waals surface area contributed by atoms with E-state index >= 15 is 0 Å². The zero-order valence-corrected chi connectivity index (χ0v) is 13.1. The minimum atomic E-state index is 1.04. The first-order chi connectivity index (χ1) is 8.70. The van der Waals surface area contributed by atoms with Gasteiger partial charge in [-0.2, -0.15) is 0 Å². The largest absolute Gasteiger partial charge is 0.320 e. The number of nitrogens with zero attached hydrogens (tertiary/aromatic N) is 1. The zero-order chi connectivity index (χ0) is 13.0. The average molecular weight is 325 g/mol. The van der Waals surface area contributed by atoms with E-state index in [1.807, 2.05) is 7.05 Å². The Kier molecular flexibility index (Phi) is 4.92. The third-order valence-electron chi connectivity index (χ3n) is 2.84. The van der Waals surface area contributed by atoms with Gasteiger partial charge >= 0.3 is 0 Å². The van der Waals surface area contributed by atoms with Crippen molar-refractivity contribution in [1.82, 2.24) is 10.3 Å². The van der Waals surface area contributed by atoms with Crippen LogP contribution >= 0.6 is 27.3 Å². The lowest BCUT2D eigenvalue weighted by atomic mass is 10.1. The lowest BCUT2D eigenvalue weighted by Gasteiger charge is -2.02. The molecule has 18 heavy (non-hydrogen) atoms. The summed E-state index contributed by atoms with van der Waals surface area (Å²) in [5.41, 5.74) is 3.70. The Balaban J connectivity index is 2.16. The third kappa shape index (κ3) is 3.40. The average Bonchev–Trinajstić information content (AvgIpc) is 2.81. The molecule has 0 saturated heterocycles. The molecule has 2 rings (SSSR count). The molecule has 0 bridgehead atoms. The zero-order valence-electron chi connectivity index (χ0n) is 10.7. The normalized spacial score (nSPS) is 10.8. The van der Waals surface area contributed by atoms with Crippen molar-refractivity contribution in [3.63, 3.8) is 0 Å². The molecule has 0 atom stereocenters. The summed E-state index contributed by atoms with van der Waals surface area (Å²) in [6, 6.07) is 6.34. The van der Waals surface area contributed by atoms with Crippen LogP contribution in [0.5, 0.6) is 0 Å². The Hall–Kier alpha value is -0.710. The van der Waals surface area contributed by atoms with E-state index in [9.17, 15) is 0 Å². The van der Waals surface area contributed by atoms with Gasteiger partial charge in [0.05, 0.1) is 5.69 Å². The summed E-state index contributed by atoms with van der Waals surface area (Å²) in [6.45, 7) is 3.17. The van der Waals surface area contributed by atoms with Crippen LogP contribution in [-0.4, -0.2) is 18.6 Å². The van der Waals surface area contributed by atoms with Gasteiger partial charge < -0.3 is 5.32 Å². The van der Waals surface area contributed by atoms with Gasteiger partial charge in [-0.15, -0.1) is 11.3 Å². The maximum Gasteiger partial charge on any atom is 0.123 e. The molecule has 0 radical (unpaired) electrons. The van der Waals surface area contributed by atoms with E-state index in [2.05, 4.69) is 51.7 Å². The topological polar surface area (TPSA) is 24.9 Å². The minimum absolute atomic E-state index is 1.04. The second kappa shape index (κ2) is 6.45. The molecule has 1 N–H and O–H groups in total. The number of rotatable bonds is 5. The van der Waals surface area contributed by atoms with E-state index < -0.39 is 0 Å². The summed E-state index contributed by atoms with van der Waals surface area (Å²) >= 11 is 5.25. The van der Waals surface area contributed by atoms with Crippen molar-refractivity contribution in [3.8, 4) is 10.6 Å². The van der Waals surface area contributed by atoms with Crippen LogP contribution in [0.2, 0.25) is 0 Å². The molecule has 0 spiro atoms. The fraction of sp³-hybridized carbons (Fsp3) is 0.357. The highest BCUT2D eigenvalue weighted by Crippen LogP contribution is 2.29. The standard InChI is InChI=1S/C14H17BrN2S/c1-10-5-6-11(15)8-13(10)14-17-12(9-18-14)4-3-7-16-2/h5-6,8-9,16H,3-4,7H2,1-2H3. The highest BCUT2D eigenvalue weighted by Gasteiger charge is 2.07. The highest BCUT2D eigenvalue weighted by molar-refractivity contribution is 9.10. The third-order valence-corrected chi connectivity index (χ3v) is 4.26. The molecule has 1 heterocycles. The molecular weight excluding hydrogens is 308 g/mol. The van der Waals surface area contributed by atoms with Crippen molar-refractivity contribution in [3.05, 3.63) is 39.3 Å². The number of benzene rings is 1. The van der Waals surface area contributed by atoms with Crippen LogP contribution in [0, 0.1) is 6.92 Å². The van der Waals surface area contributed by atoms with Crippen LogP contribution in [0.3, 0.4) is 0 Å². The van der Waals surface area contributed by atoms with Gasteiger partial charge in [0, 0.05) is 15.4 Å². The quantitative estimate of drug-likeness (QED) is 0.840. The van der Waals surface area contributed by atoms with Crippen molar-refractivity contribution in [2.45, 2.75) is 19.8 Å². The monoisotopic (exact) mass is 324 g/mol. The summed E-state index contributed by atoms with van der Waals surface area (Å²) in [5, 5.41) is 6.45.